The van der Waals surface area contributed by atoms with Crippen molar-refractivity contribution in [2.45, 2.75) is 84.8 Å². The number of hydrogen-bond acceptors (Lipinski definition) is 12. The maximum atomic E-state index is 14.1. The van der Waals surface area contributed by atoms with Gasteiger partial charge in [-0.2, -0.15) is 10.4 Å². The van der Waals surface area contributed by atoms with Crippen molar-refractivity contribution in [3.63, 3.8) is 0 Å². The third-order valence-corrected chi connectivity index (χ3v) is 13.2. The minimum Gasteiger partial charge on any atom is -0.391 e. The predicted molar refractivity (Wildman–Crippen MR) is 270 cm³/mol. The summed E-state index contributed by atoms with van der Waals surface area (Å²) in [5, 5.41) is 36.8. The normalized spacial score (nSPS) is 15.9. The summed E-state index contributed by atoms with van der Waals surface area (Å²) in [5.74, 6) is -0.936. The SMILES string of the molecule is Cc1ncsc1-c1ccc([C@H](C)NC(=O)C2C[C@@H](O)CN2C(=O)C(NC(=O)COCCNc2ccc(-c3ccc(C(=O)N[C@@H](C)Cn4ccc(-c5ccc(C#N)c(Cl)c5)n4)cc3)cn2)C(C)(C)C)cc1. The zero-order valence-electron chi connectivity index (χ0n) is 39.9. The van der Waals surface area contributed by atoms with Gasteiger partial charge < -0.3 is 36.0 Å². The molecule has 1 saturated heterocycles. The van der Waals surface area contributed by atoms with E-state index in [1.54, 1.807) is 52.5 Å². The number of ether oxygens (including phenoxy) is 1. The number of β-amino-alcohol motifs (C(OH)–C–C–N with tert-alkyl or cyclic N) is 1. The van der Waals surface area contributed by atoms with Crippen LogP contribution in [-0.2, 0) is 25.7 Å². The van der Waals surface area contributed by atoms with Crippen LogP contribution in [0.4, 0.5) is 5.82 Å². The molecule has 16 nitrogen and oxygen atoms in total. The van der Waals surface area contributed by atoms with E-state index in [9.17, 15) is 24.3 Å². The lowest BCUT2D eigenvalue weighted by molar-refractivity contribution is -0.144. The second kappa shape index (κ2) is 22.6. The Morgan fingerprint density at radius 1 is 0.929 bits per heavy atom. The quantitative estimate of drug-likeness (QED) is 0.0544. The molecule has 0 aliphatic carbocycles. The van der Waals surface area contributed by atoms with Crippen LogP contribution >= 0.6 is 22.9 Å². The van der Waals surface area contributed by atoms with E-state index in [1.165, 1.54) is 4.90 Å². The molecule has 0 radical (unpaired) electrons. The first-order valence-electron chi connectivity index (χ1n) is 23.0. The lowest BCUT2D eigenvalue weighted by atomic mass is 9.85. The highest BCUT2D eigenvalue weighted by Gasteiger charge is 2.44. The Morgan fingerprint density at radius 3 is 2.30 bits per heavy atom. The van der Waals surface area contributed by atoms with Gasteiger partial charge in [0.2, 0.25) is 17.7 Å². The molecule has 5 N–H and O–H groups in total. The largest absolute Gasteiger partial charge is 0.391 e. The summed E-state index contributed by atoms with van der Waals surface area (Å²) in [6.45, 7) is 11.9. The van der Waals surface area contributed by atoms with E-state index < -0.39 is 35.4 Å². The molecule has 5 atom stereocenters. The molecule has 3 aromatic carbocycles. The first-order valence-corrected chi connectivity index (χ1v) is 24.2. The van der Waals surface area contributed by atoms with Crippen LogP contribution in [0.25, 0.3) is 32.8 Å². The Balaban J connectivity index is 0.831. The molecular weight excluding hydrogens is 928 g/mol. The number of rotatable bonds is 18. The number of likely N-dealkylation sites (tertiary alicyclic amines) is 1. The number of aliphatic hydroxyl groups excluding tert-OH is 1. The standard InChI is InChI=1S/C52H57ClN10O6S/c1-31(27-62-21-19-43(61-62)38-15-16-39(25-54)42(53)23-38)58-49(66)37-13-9-35(10-14-37)40-17-18-45(56-26-40)55-20-22-69-29-46(65)60-48(52(4,5)6)51(68)63-28-41(64)24-44(63)50(67)59-32(2)34-7-11-36(12-8-34)47-33(3)57-30-70-47/h7-19,21,23,26,30-32,41,44,48,64H,20,22,24,27-29H2,1-6H3,(H,55,56)(H,58,66)(H,59,67)(H,60,65)/t31-,32-,41+,44?,48?/m0/s1. The number of nitrogens with zero attached hydrogens (tertiary/aromatic N) is 6. The summed E-state index contributed by atoms with van der Waals surface area (Å²) >= 11 is 7.77. The molecule has 1 aliphatic rings. The highest BCUT2D eigenvalue weighted by atomic mass is 35.5. The number of thiazole rings is 1. The van der Waals surface area contributed by atoms with Crippen molar-refractivity contribution >= 4 is 52.4 Å². The number of benzene rings is 3. The summed E-state index contributed by atoms with van der Waals surface area (Å²) in [7, 11) is 0. The van der Waals surface area contributed by atoms with Crippen molar-refractivity contribution in [1.29, 1.82) is 5.26 Å². The van der Waals surface area contributed by atoms with Gasteiger partial charge in [-0.1, -0.05) is 74.8 Å². The van der Waals surface area contributed by atoms with E-state index in [-0.39, 0.29) is 50.1 Å². The van der Waals surface area contributed by atoms with Crippen LogP contribution < -0.4 is 21.3 Å². The number of nitrogens with one attached hydrogen (secondary N) is 4. The van der Waals surface area contributed by atoms with Crippen molar-refractivity contribution in [3.05, 3.63) is 130 Å². The van der Waals surface area contributed by atoms with E-state index in [0.717, 1.165) is 38.4 Å². The molecular formula is C52H57ClN10O6S. The number of aliphatic hydroxyl groups is 1. The highest BCUT2D eigenvalue weighted by molar-refractivity contribution is 7.13. The monoisotopic (exact) mass is 984 g/mol. The third kappa shape index (κ3) is 12.8. The Labute approximate surface area is 416 Å². The number of hydrogen-bond donors (Lipinski definition) is 5. The number of halogens is 1. The van der Waals surface area contributed by atoms with Gasteiger partial charge in [-0.25, -0.2) is 9.97 Å². The van der Waals surface area contributed by atoms with E-state index in [4.69, 9.17) is 21.6 Å². The Hall–Kier alpha value is -6.97. The average molecular weight is 986 g/mol. The molecule has 6 aromatic rings. The second-order valence-corrected chi connectivity index (χ2v) is 19.7. The number of anilines is 1. The molecule has 2 unspecified atom stereocenters. The first kappa shape index (κ1) is 50.9. The van der Waals surface area contributed by atoms with Gasteiger partial charge in [0.15, 0.2) is 0 Å². The van der Waals surface area contributed by atoms with Crippen molar-refractivity contribution in [2.75, 3.05) is 31.6 Å². The maximum absolute atomic E-state index is 14.1. The van der Waals surface area contributed by atoms with Gasteiger partial charge >= 0.3 is 0 Å². The molecule has 364 valence electrons. The zero-order chi connectivity index (χ0) is 50.1. The lowest BCUT2D eigenvalue weighted by Gasteiger charge is -2.35. The zero-order valence-corrected chi connectivity index (χ0v) is 41.5. The molecule has 1 fully saturated rings. The van der Waals surface area contributed by atoms with Gasteiger partial charge in [-0.3, -0.25) is 23.9 Å². The van der Waals surface area contributed by atoms with Crippen LogP contribution in [-0.4, -0.2) is 104 Å². The Bertz CT molecular complexity index is 2840. The van der Waals surface area contributed by atoms with Crippen LogP contribution in [0.2, 0.25) is 5.02 Å². The molecule has 3 aromatic heterocycles. The van der Waals surface area contributed by atoms with E-state index >= 15 is 0 Å². The molecule has 0 bridgehead atoms. The number of aromatic nitrogens is 4. The highest BCUT2D eigenvalue weighted by Crippen LogP contribution is 2.30. The lowest BCUT2D eigenvalue weighted by Crippen LogP contribution is -2.58. The summed E-state index contributed by atoms with van der Waals surface area (Å²) in [6, 6.07) is 25.5. The number of nitriles is 1. The minimum absolute atomic E-state index is 0.0315. The number of carbonyl (C=O) groups excluding carboxylic acids is 4. The predicted octanol–water partition coefficient (Wildman–Crippen LogP) is 7.19. The minimum atomic E-state index is -0.987. The topological polar surface area (TPSA) is 216 Å². The summed E-state index contributed by atoms with van der Waals surface area (Å²) < 4.78 is 7.40. The molecule has 0 spiro atoms. The fraction of sp³-hybridized carbons (Fsp3) is 0.346. The van der Waals surface area contributed by atoms with Gasteiger partial charge in [-0.15, -0.1) is 11.3 Å². The van der Waals surface area contributed by atoms with E-state index in [0.29, 0.717) is 40.8 Å². The molecule has 1 aliphatic heterocycles. The third-order valence-electron chi connectivity index (χ3n) is 12.0. The maximum Gasteiger partial charge on any atom is 0.251 e. The van der Waals surface area contributed by atoms with E-state index in [2.05, 4.69) is 42.4 Å². The van der Waals surface area contributed by atoms with Gasteiger partial charge in [0.1, 0.15) is 30.6 Å². The van der Waals surface area contributed by atoms with Crippen molar-refractivity contribution in [1.82, 2.24) is 40.6 Å². The van der Waals surface area contributed by atoms with Gasteiger partial charge in [0.05, 0.1) is 57.7 Å². The van der Waals surface area contributed by atoms with Crippen molar-refractivity contribution < 1.29 is 29.0 Å². The molecule has 70 heavy (non-hydrogen) atoms. The first-order chi connectivity index (χ1) is 33.5. The number of aryl methyl sites for hydroxylation is 1. The molecule has 18 heteroatoms. The van der Waals surface area contributed by atoms with Crippen LogP contribution in [0.5, 0.6) is 0 Å². The Kier molecular flexibility index (Phi) is 16.5. The van der Waals surface area contributed by atoms with Gasteiger partial charge in [0, 0.05) is 54.6 Å². The molecule has 7 rings (SSSR count). The summed E-state index contributed by atoms with van der Waals surface area (Å²) in [6.07, 6.45) is 2.74. The van der Waals surface area contributed by atoms with Crippen molar-refractivity contribution in [2.24, 2.45) is 5.41 Å². The average Bonchev–Trinajstić information content (AvgIpc) is 4.10. The summed E-state index contributed by atoms with van der Waals surface area (Å²) in [4.78, 5) is 65.3. The Morgan fingerprint density at radius 2 is 1.64 bits per heavy atom. The fourth-order valence-electron chi connectivity index (χ4n) is 8.13. The van der Waals surface area contributed by atoms with Crippen LogP contribution in [0.1, 0.15) is 74.3 Å². The van der Waals surface area contributed by atoms with Gasteiger partial charge in [-0.05, 0) is 85.3 Å². The van der Waals surface area contributed by atoms with Gasteiger partial charge in [0.25, 0.3) is 5.91 Å². The number of amides is 4. The van der Waals surface area contributed by atoms with E-state index in [1.807, 2.05) is 108 Å². The summed E-state index contributed by atoms with van der Waals surface area (Å²) in [5.41, 5.74) is 8.13. The second-order valence-electron chi connectivity index (χ2n) is 18.5. The smallest absolute Gasteiger partial charge is 0.251 e. The fourth-order valence-corrected chi connectivity index (χ4v) is 9.17. The molecule has 4 heterocycles. The molecule has 4 amide bonds. The number of carbonyl (C=O) groups is 4. The van der Waals surface area contributed by atoms with Crippen LogP contribution in [0, 0.1) is 23.7 Å². The van der Waals surface area contributed by atoms with Crippen LogP contribution in [0.3, 0.4) is 0 Å². The van der Waals surface area contributed by atoms with Crippen molar-refractivity contribution in [3.8, 4) is 38.9 Å². The number of pyridine rings is 1. The van der Waals surface area contributed by atoms with Crippen LogP contribution in [0.15, 0.2) is 103 Å². The molecule has 0 saturated carbocycles.